The number of benzene rings is 2. The van der Waals surface area contributed by atoms with Gasteiger partial charge in [0, 0.05) is 5.56 Å². The summed E-state index contributed by atoms with van der Waals surface area (Å²) >= 11 is 0. The van der Waals surface area contributed by atoms with Crippen LogP contribution in [0.15, 0.2) is 69.3 Å². The fraction of sp³-hybridized carbons (Fsp3) is 0.100. The number of hydrogen-bond donors (Lipinski definition) is 3. The number of carbonyl (C=O) groups excluding carboxylic acids is 1. The molecule has 0 aliphatic heterocycles. The molecule has 9 nitrogen and oxygen atoms in total. The Kier molecular flexibility index (Phi) is 5.88. The molecule has 0 radical (unpaired) electrons. The molecule has 0 bridgehead atoms. The van der Waals surface area contributed by atoms with Crippen molar-refractivity contribution >= 4 is 12.1 Å². The van der Waals surface area contributed by atoms with Gasteiger partial charge in [0.1, 0.15) is 11.3 Å². The SMILES string of the molecule is CCOc1ccc(-n2c(O)c(/C=N\NC(=O)c3ccccc3)c(=O)[nH]c2=O)cc1. The number of rotatable bonds is 6. The molecule has 1 heterocycles. The lowest BCUT2D eigenvalue weighted by atomic mass is 10.2. The lowest BCUT2D eigenvalue weighted by Gasteiger charge is -2.10. The van der Waals surface area contributed by atoms with E-state index in [9.17, 15) is 19.5 Å². The molecule has 0 fully saturated rings. The van der Waals surface area contributed by atoms with Gasteiger partial charge in [0.25, 0.3) is 11.5 Å². The van der Waals surface area contributed by atoms with Crippen LogP contribution in [-0.2, 0) is 0 Å². The van der Waals surface area contributed by atoms with Crippen LogP contribution >= 0.6 is 0 Å². The molecule has 0 saturated carbocycles. The number of carbonyl (C=O) groups is 1. The second kappa shape index (κ2) is 8.70. The number of ether oxygens (including phenoxy) is 1. The third-order valence-corrected chi connectivity index (χ3v) is 3.92. The van der Waals surface area contributed by atoms with Gasteiger partial charge in [0.2, 0.25) is 5.88 Å². The van der Waals surface area contributed by atoms with E-state index in [0.29, 0.717) is 23.6 Å². The third kappa shape index (κ3) is 4.41. The van der Waals surface area contributed by atoms with Crippen LogP contribution in [0.3, 0.4) is 0 Å². The summed E-state index contributed by atoms with van der Waals surface area (Å²) in [5.74, 6) is -0.503. The first kappa shape index (κ1) is 19.6. The van der Waals surface area contributed by atoms with Gasteiger partial charge in [0.05, 0.1) is 18.5 Å². The highest BCUT2D eigenvalue weighted by Gasteiger charge is 2.14. The lowest BCUT2D eigenvalue weighted by Crippen LogP contribution is -2.31. The molecule has 2 aromatic carbocycles. The highest BCUT2D eigenvalue weighted by atomic mass is 16.5. The van der Waals surface area contributed by atoms with Gasteiger partial charge < -0.3 is 9.84 Å². The molecule has 1 amide bonds. The van der Waals surface area contributed by atoms with Crippen LogP contribution in [-0.4, -0.2) is 33.4 Å². The summed E-state index contributed by atoms with van der Waals surface area (Å²) in [6.45, 7) is 2.33. The number of aromatic nitrogens is 2. The van der Waals surface area contributed by atoms with Crippen molar-refractivity contribution in [3.8, 4) is 17.3 Å². The van der Waals surface area contributed by atoms with E-state index in [2.05, 4.69) is 15.5 Å². The Morgan fingerprint density at radius 1 is 1.17 bits per heavy atom. The second-order valence-electron chi connectivity index (χ2n) is 5.82. The van der Waals surface area contributed by atoms with Gasteiger partial charge in [0.15, 0.2) is 0 Å². The highest BCUT2D eigenvalue weighted by Crippen LogP contribution is 2.18. The van der Waals surface area contributed by atoms with Crippen molar-refractivity contribution in [2.24, 2.45) is 5.10 Å². The quantitative estimate of drug-likeness (QED) is 0.430. The largest absolute Gasteiger partial charge is 0.494 e. The molecule has 0 saturated heterocycles. The Bertz CT molecular complexity index is 1150. The molecule has 0 aliphatic rings. The zero-order valence-electron chi connectivity index (χ0n) is 15.5. The minimum atomic E-state index is -0.840. The number of H-pyrrole nitrogens is 1. The van der Waals surface area contributed by atoms with Gasteiger partial charge in [-0.1, -0.05) is 18.2 Å². The van der Waals surface area contributed by atoms with Crippen molar-refractivity contribution in [3.63, 3.8) is 0 Å². The minimum Gasteiger partial charge on any atom is -0.494 e. The first-order valence-corrected chi connectivity index (χ1v) is 8.71. The minimum absolute atomic E-state index is 0.285. The van der Waals surface area contributed by atoms with E-state index in [0.717, 1.165) is 10.8 Å². The van der Waals surface area contributed by atoms with Crippen LogP contribution in [0.25, 0.3) is 5.69 Å². The summed E-state index contributed by atoms with van der Waals surface area (Å²) in [4.78, 5) is 38.4. The smallest absolute Gasteiger partial charge is 0.335 e. The first-order chi connectivity index (χ1) is 14.0. The normalized spacial score (nSPS) is 10.8. The Morgan fingerprint density at radius 2 is 1.86 bits per heavy atom. The predicted molar refractivity (Wildman–Crippen MR) is 107 cm³/mol. The molecule has 0 spiro atoms. The number of aromatic hydroxyl groups is 1. The first-order valence-electron chi connectivity index (χ1n) is 8.71. The standard InChI is InChI=1S/C20H18N4O5/c1-2-29-15-10-8-14(9-11-15)24-19(27)16(18(26)22-20(24)28)12-21-23-17(25)13-6-4-3-5-7-13/h3-12,27H,2H2,1H3,(H,23,25)(H,22,26,28)/b21-12-. The van der Waals surface area contributed by atoms with Crippen LogP contribution in [0.4, 0.5) is 0 Å². The van der Waals surface area contributed by atoms with Gasteiger partial charge >= 0.3 is 5.69 Å². The maximum Gasteiger partial charge on any atom is 0.335 e. The molecular formula is C20H18N4O5. The Balaban J connectivity index is 1.90. The van der Waals surface area contributed by atoms with Crippen molar-refractivity contribution < 1.29 is 14.6 Å². The van der Waals surface area contributed by atoms with Crippen molar-refractivity contribution in [1.82, 2.24) is 15.0 Å². The summed E-state index contributed by atoms with van der Waals surface area (Å²) in [6.07, 6.45) is 0.972. The summed E-state index contributed by atoms with van der Waals surface area (Å²) in [5.41, 5.74) is 1.01. The third-order valence-electron chi connectivity index (χ3n) is 3.92. The molecule has 148 valence electrons. The number of nitrogens with zero attached hydrogens (tertiary/aromatic N) is 2. The van der Waals surface area contributed by atoms with Crippen molar-refractivity contribution in [1.29, 1.82) is 0 Å². The summed E-state index contributed by atoms with van der Waals surface area (Å²) in [7, 11) is 0. The fourth-order valence-electron chi connectivity index (χ4n) is 2.56. The van der Waals surface area contributed by atoms with Gasteiger partial charge in [-0.25, -0.2) is 14.8 Å². The van der Waals surface area contributed by atoms with Crippen molar-refractivity contribution in [2.45, 2.75) is 6.92 Å². The van der Waals surface area contributed by atoms with E-state index >= 15 is 0 Å². The molecule has 1 aromatic heterocycles. The van der Waals surface area contributed by atoms with E-state index in [1.165, 1.54) is 0 Å². The van der Waals surface area contributed by atoms with E-state index < -0.39 is 23.0 Å². The number of aromatic amines is 1. The summed E-state index contributed by atoms with van der Waals surface area (Å²) in [5, 5.41) is 14.2. The molecule has 0 aliphatic carbocycles. The lowest BCUT2D eigenvalue weighted by molar-refractivity contribution is 0.0955. The summed E-state index contributed by atoms with van der Waals surface area (Å²) < 4.78 is 6.26. The van der Waals surface area contributed by atoms with Gasteiger partial charge in [-0.3, -0.25) is 14.6 Å². The second-order valence-corrected chi connectivity index (χ2v) is 5.82. The Labute approximate surface area is 164 Å². The van der Waals surface area contributed by atoms with Gasteiger partial charge in [-0.2, -0.15) is 5.10 Å². The molecule has 29 heavy (non-hydrogen) atoms. The number of hydrazone groups is 1. The topological polar surface area (TPSA) is 126 Å². The average Bonchev–Trinajstić information content (AvgIpc) is 2.72. The average molecular weight is 394 g/mol. The Morgan fingerprint density at radius 3 is 2.52 bits per heavy atom. The number of hydrogen-bond acceptors (Lipinski definition) is 6. The molecule has 0 atom stereocenters. The molecule has 3 aromatic rings. The van der Waals surface area contributed by atoms with Gasteiger partial charge in [-0.05, 0) is 43.3 Å². The van der Waals surface area contributed by atoms with Crippen molar-refractivity contribution in [3.05, 3.63) is 86.6 Å². The number of nitrogens with one attached hydrogen (secondary N) is 2. The van der Waals surface area contributed by atoms with Gasteiger partial charge in [-0.15, -0.1) is 0 Å². The molecule has 3 rings (SSSR count). The van der Waals surface area contributed by atoms with Crippen LogP contribution in [0.2, 0.25) is 0 Å². The van der Waals surface area contributed by atoms with E-state index in [-0.39, 0.29) is 5.56 Å². The predicted octanol–water partition coefficient (Wildman–Crippen LogP) is 1.39. The van der Waals surface area contributed by atoms with Crippen LogP contribution in [0, 0.1) is 0 Å². The molecule has 3 N–H and O–H groups in total. The number of amides is 1. The van der Waals surface area contributed by atoms with Crippen molar-refractivity contribution in [2.75, 3.05) is 6.61 Å². The monoisotopic (exact) mass is 394 g/mol. The van der Waals surface area contributed by atoms with Crippen LogP contribution in [0.1, 0.15) is 22.8 Å². The maximum atomic E-state index is 12.2. The zero-order valence-corrected chi connectivity index (χ0v) is 15.5. The molecular weight excluding hydrogens is 376 g/mol. The van der Waals surface area contributed by atoms with Crippen LogP contribution < -0.4 is 21.4 Å². The molecule has 0 unspecified atom stereocenters. The maximum absolute atomic E-state index is 12.2. The highest BCUT2D eigenvalue weighted by molar-refractivity contribution is 5.94. The van der Waals surface area contributed by atoms with E-state index in [1.54, 1.807) is 54.6 Å². The Hall–Kier alpha value is -4.14. The molecule has 9 heteroatoms. The van der Waals surface area contributed by atoms with E-state index in [4.69, 9.17) is 4.74 Å². The summed E-state index contributed by atoms with van der Waals surface area (Å²) in [6, 6.07) is 14.7. The fourth-order valence-corrected chi connectivity index (χ4v) is 2.56. The van der Waals surface area contributed by atoms with Crippen LogP contribution in [0.5, 0.6) is 11.6 Å². The van der Waals surface area contributed by atoms with E-state index in [1.807, 2.05) is 6.92 Å². The zero-order chi connectivity index (χ0) is 20.8.